The smallest absolute Gasteiger partial charge is 0.254 e. The molecular weight excluding hydrogens is 318 g/mol. The first-order valence-electron chi connectivity index (χ1n) is 9.17. The number of hydrogen-bond acceptors (Lipinski definition) is 5. The van der Waals surface area contributed by atoms with E-state index < -0.39 is 0 Å². The van der Waals surface area contributed by atoms with Crippen LogP contribution in [0.5, 0.6) is 5.75 Å². The van der Waals surface area contributed by atoms with E-state index in [1.54, 1.807) is 18.2 Å². The second-order valence-corrected chi connectivity index (χ2v) is 7.42. The van der Waals surface area contributed by atoms with Crippen molar-refractivity contribution in [2.24, 2.45) is 11.8 Å². The fourth-order valence-electron chi connectivity index (χ4n) is 3.95. The van der Waals surface area contributed by atoms with E-state index in [4.69, 9.17) is 0 Å². The lowest BCUT2D eigenvalue weighted by atomic mass is 9.96. The van der Waals surface area contributed by atoms with Crippen molar-refractivity contribution in [1.29, 1.82) is 0 Å². The number of aliphatic hydroxyl groups is 1. The molecule has 0 spiro atoms. The molecule has 1 amide bonds. The van der Waals surface area contributed by atoms with Gasteiger partial charge in [0.15, 0.2) is 0 Å². The van der Waals surface area contributed by atoms with E-state index in [1.165, 1.54) is 12.5 Å². The van der Waals surface area contributed by atoms with Crippen molar-refractivity contribution in [3.05, 3.63) is 29.8 Å². The summed E-state index contributed by atoms with van der Waals surface area (Å²) in [5, 5.41) is 19.4. The van der Waals surface area contributed by atoms with Gasteiger partial charge in [-0.15, -0.1) is 0 Å². The second kappa shape index (κ2) is 8.17. The normalized spacial score (nSPS) is 25.9. The molecule has 1 aromatic rings. The van der Waals surface area contributed by atoms with Gasteiger partial charge in [0, 0.05) is 50.8 Å². The molecule has 0 aliphatic carbocycles. The third-order valence-electron chi connectivity index (χ3n) is 5.50. The number of phenolic OH excluding ortho intramolecular Hbond substituents is 1. The summed E-state index contributed by atoms with van der Waals surface area (Å²) in [6.07, 6.45) is 1.17. The molecule has 0 saturated carbocycles. The molecule has 3 rings (SSSR count). The topological polar surface area (TPSA) is 67.2 Å². The van der Waals surface area contributed by atoms with Crippen molar-refractivity contribution in [2.45, 2.75) is 6.42 Å². The molecular formula is C19H29N3O3. The molecule has 0 bridgehead atoms. The van der Waals surface area contributed by atoms with Crippen molar-refractivity contribution in [1.82, 2.24) is 14.7 Å². The van der Waals surface area contributed by atoms with E-state index in [0.717, 1.165) is 32.7 Å². The predicted octanol–water partition coefficient (Wildman–Crippen LogP) is 0.710. The van der Waals surface area contributed by atoms with Crippen LogP contribution in [0.25, 0.3) is 0 Å². The third kappa shape index (κ3) is 4.51. The Morgan fingerprint density at radius 1 is 1.16 bits per heavy atom. The van der Waals surface area contributed by atoms with Gasteiger partial charge >= 0.3 is 0 Å². The number of aromatic hydroxyl groups is 1. The van der Waals surface area contributed by atoms with Gasteiger partial charge in [0.2, 0.25) is 0 Å². The average molecular weight is 347 g/mol. The Kier molecular flexibility index (Phi) is 5.93. The molecule has 0 radical (unpaired) electrons. The summed E-state index contributed by atoms with van der Waals surface area (Å²) in [6, 6.07) is 6.49. The Labute approximate surface area is 149 Å². The maximum Gasteiger partial charge on any atom is 0.254 e. The molecule has 2 fully saturated rings. The minimum absolute atomic E-state index is 0.0625. The lowest BCUT2D eigenvalue weighted by Gasteiger charge is -2.26. The Hall–Kier alpha value is -1.63. The van der Waals surface area contributed by atoms with Gasteiger partial charge < -0.3 is 24.9 Å². The summed E-state index contributed by atoms with van der Waals surface area (Å²) >= 11 is 0. The van der Waals surface area contributed by atoms with Crippen LogP contribution in [-0.4, -0.2) is 90.3 Å². The van der Waals surface area contributed by atoms with Gasteiger partial charge in [0.25, 0.3) is 5.91 Å². The number of carbonyl (C=O) groups excluding carboxylic acids is 1. The molecule has 2 heterocycles. The van der Waals surface area contributed by atoms with Crippen molar-refractivity contribution >= 4 is 5.91 Å². The van der Waals surface area contributed by atoms with Crippen LogP contribution in [0.15, 0.2) is 24.3 Å². The van der Waals surface area contributed by atoms with Crippen LogP contribution in [0, 0.1) is 11.8 Å². The number of aliphatic hydroxyl groups excluding tert-OH is 1. The highest BCUT2D eigenvalue weighted by atomic mass is 16.3. The maximum atomic E-state index is 12.7. The minimum atomic E-state index is -0.0625. The van der Waals surface area contributed by atoms with E-state index >= 15 is 0 Å². The molecule has 0 unspecified atom stereocenters. The Bertz CT molecular complexity index is 595. The SMILES string of the molecule is CN1CCCN(C[C@@H]2CN(C(=O)c3cccc(O)c3)C[C@@H]2CO)CC1. The largest absolute Gasteiger partial charge is 0.508 e. The van der Waals surface area contributed by atoms with Crippen LogP contribution < -0.4 is 0 Å². The predicted molar refractivity (Wildman–Crippen MR) is 96.6 cm³/mol. The Balaban J connectivity index is 1.62. The van der Waals surface area contributed by atoms with Crippen LogP contribution in [0.1, 0.15) is 16.8 Å². The molecule has 138 valence electrons. The number of likely N-dealkylation sites (tertiary alicyclic amines) is 1. The zero-order valence-corrected chi connectivity index (χ0v) is 15.0. The molecule has 1 aromatic carbocycles. The average Bonchev–Trinajstić information content (AvgIpc) is 2.90. The van der Waals surface area contributed by atoms with Crippen LogP contribution >= 0.6 is 0 Å². The van der Waals surface area contributed by atoms with Gasteiger partial charge in [-0.2, -0.15) is 0 Å². The van der Waals surface area contributed by atoms with E-state index in [9.17, 15) is 15.0 Å². The summed E-state index contributed by atoms with van der Waals surface area (Å²) in [4.78, 5) is 19.4. The highest BCUT2D eigenvalue weighted by Crippen LogP contribution is 2.26. The first-order chi connectivity index (χ1) is 12.1. The highest BCUT2D eigenvalue weighted by molar-refractivity contribution is 5.94. The van der Waals surface area contributed by atoms with Crippen LogP contribution in [-0.2, 0) is 0 Å². The third-order valence-corrected chi connectivity index (χ3v) is 5.50. The van der Waals surface area contributed by atoms with Crippen molar-refractivity contribution < 1.29 is 15.0 Å². The number of amides is 1. The number of carbonyl (C=O) groups is 1. The number of phenols is 1. The van der Waals surface area contributed by atoms with E-state index in [1.807, 2.05) is 4.90 Å². The van der Waals surface area contributed by atoms with Gasteiger partial charge in [-0.25, -0.2) is 0 Å². The first-order valence-corrected chi connectivity index (χ1v) is 9.17. The number of nitrogens with zero attached hydrogens (tertiary/aromatic N) is 3. The Morgan fingerprint density at radius 2 is 1.96 bits per heavy atom. The number of hydrogen-bond donors (Lipinski definition) is 2. The second-order valence-electron chi connectivity index (χ2n) is 7.42. The summed E-state index contributed by atoms with van der Waals surface area (Å²) in [5.41, 5.74) is 0.508. The zero-order chi connectivity index (χ0) is 17.8. The van der Waals surface area contributed by atoms with E-state index in [2.05, 4.69) is 16.8 Å². The zero-order valence-electron chi connectivity index (χ0n) is 15.0. The van der Waals surface area contributed by atoms with Crippen LogP contribution in [0.3, 0.4) is 0 Å². The number of likely N-dealkylation sites (N-methyl/N-ethyl adjacent to an activating group) is 1. The highest BCUT2D eigenvalue weighted by Gasteiger charge is 2.36. The molecule has 6 nitrogen and oxygen atoms in total. The summed E-state index contributed by atoms with van der Waals surface area (Å²) in [7, 11) is 2.16. The lowest BCUT2D eigenvalue weighted by molar-refractivity contribution is 0.0778. The van der Waals surface area contributed by atoms with Gasteiger partial charge in [0.1, 0.15) is 5.75 Å². The van der Waals surface area contributed by atoms with Crippen molar-refractivity contribution in [2.75, 3.05) is 59.5 Å². The molecule has 2 aliphatic heterocycles. The standard InChI is InChI=1S/C19H29N3O3/c1-20-6-3-7-21(9-8-20)11-16-12-22(13-17(16)14-23)19(25)15-4-2-5-18(24)10-15/h2,4-5,10,16-17,23-24H,3,6-9,11-14H2,1H3/t16-,17-/m1/s1. The van der Waals surface area contributed by atoms with Gasteiger partial charge in [-0.1, -0.05) is 6.07 Å². The Morgan fingerprint density at radius 3 is 2.72 bits per heavy atom. The van der Waals surface area contributed by atoms with Crippen LogP contribution in [0.2, 0.25) is 0 Å². The van der Waals surface area contributed by atoms with E-state index in [0.29, 0.717) is 24.6 Å². The molecule has 2 N–H and O–H groups in total. The first kappa shape index (κ1) is 18.2. The van der Waals surface area contributed by atoms with Crippen molar-refractivity contribution in [3.8, 4) is 5.75 Å². The molecule has 2 atom stereocenters. The lowest BCUT2D eigenvalue weighted by Crippen LogP contribution is -2.36. The number of rotatable bonds is 4. The maximum absolute atomic E-state index is 12.7. The van der Waals surface area contributed by atoms with Crippen molar-refractivity contribution in [3.63, 3.8) is 0 Å². The molecule has 2 aliphatic rings. The summed E-state index contributed by atoms with van der Waals surface area (Å²) in [5.74, 6) is 0.471. The molecule has 25 heavy (non-hydrogen) atoms. The monoisotopic (exact) mass is 347 g/mol. The quantitative estimate of drug-likeness (QED) is 0.840. The summed E-state index contributed by atoms with van der Waals surface area (Å²) in [6.45, 7) is 6.64. The van der Waals surface area contributed by atoms with Crippen LogP contribution in [0.4, 0.5) is 0 Å². The number of benzene rings is 1. The molecule has 6 heteroatoms. The fourth-order valence-corrected chi connectivity index (χ4v) is 3.95. The van der Waals surface area contributed by atoms with E-state index in [-0.39, 0.29) is 24.2 Å². The van der Waals surface area contributed by atoms with Gasteiger partial charge in [-0.3, -0.25) is 4.79 Å². The minimum Gasteiger partial charge on any atom is -0.508 e. The molecule has 2 saturated heterocycles. The summed E-state index contributed by atoms with van der Waals surface area (Å²) < 4.78 is 0. The van der Waals surface area contributed by atoms with Gasteiger partial charge in [0.05, 0.1) is 0 Å². The molecule has 0 aromatic heterocycles. The fraction of sp³-hybridized carbons (Fsp3) is 0.632. The van der Waals surface area contributed by atoms with Gasteiger partial charge in [-0.05, 0) is 50.7 Å².